The maximum Gasteiger partial charge on any atom is 0.223 e. The molecule has 2 aromatic carbocycles. The summed E-state index contributed by atoms with van der Waals surface area (Å²) in [6, 6.07) is 16.9. The molecule has 0 radical (unpaired) electrons. The van der Waals surface area contributed by atoms with Gasteiger partial charge in [0.25, 0.3) is 0 Å². The van der Waals surface area contributed by atoms with Crippen molar-refractivity contribution in [3.63, 3.8) is 0 Å². The highest BCUT2D eigenvalue weighted by atomic mass is 16.5. The number of benzene rings is 2. The van der Waals surface area contributed by atoms with Crippen LogP contribution in [0.25, 0.3) is 0 Å². The number of para-hydroxylation sites is 1. The van der Waals surface area contributed by atoms with Crippen LogP contribution in [0.1, 0.15) is 12.0 Å². The molecule has 0 aromatic heterocycles. The average molecular weight is 270 g/mol. The zero-order chi connectivity index (χ0) is 14.2. The molecule has 0 heterocycles. The van der Waals surface area contributed by atoms with Crippen molar-refractivity contribution >= 4 is 11.6 Å². The third-order valence-corrected chi connectivity index (χ3v) is 2.81. The topological polar surface area (TPSA) is 64.3 Å². The van der Waals surface area contributed by atoms with Crippen LogP contribution in [0.15, 0.2) is 54.6 Å². The van der Waals surface area contributed by atoms with Gasteiger partial charge in [0.1, 0.15) is 5.75 Å². The Morgan fingerprint density at radius 1 is 1.05 bits per heavy atom. The van der Waals surface area contributed by atoms with Crippen LogP contribution in [0.3, 0.4) is 0 Å². The minimum absolute atomic E-state index is 0.0299. The molecular formula is C16H18N2O2. The number of nitrogens with one attached hydrogen (secondary N) is 1. The maximum absolute atomic E-state index is 11.7. The summed E-state index contributed by atoms with van der Waals surface area (Å²) in [5, 5.41) is 2.84. The molecule has 3 N–H and O–H groups in total. The summed E-state index contributed by atoms with van der Waals surface area (Å²) in [7, 11) is 0. The highest BCUT2D eigenvalue weighted by Gasteiger charge is 2.02. The molecular weight excluding hydrogens is 252 g/mol. The minimum Gasteiger partial charge on any atom is -0.493 e. The second-order valence-corrected chi connectivity index (χ2v) is 4.43. The minimum atomic E-state index is -0.0299. The van der Waals surface area contributed by atoms with E-state index in [9.17, 15) is 4.79 Å². The van der Waals surface area contributed by atoms with E-state index >= 15 is 0 Å². The number of rotatable bonds is 6. The van der Waals surface area contributed by atoms with Gasteiger partial charge in [-0.25, -0.2) is 0 Å². The molecule has 1 amide bonds. The average Bonchev–Trinajstić information content (AvgIpc) is 2.48. The van der Waals surface area contributed by atoms with Gasteiger partial charge < -0.3 is 15.8 Å². The van der Waals surface area contributed by atoms with Crippen molar-refractivity contribution in [1.82, 2.24) is 5.32 Å². The third kappa shape index (κ3) is 4.65. The lowest BCUT2D eigenvalue weighted by molar-refractivity contribution is -0.121. The summed E-state index contributed by atoms with van der Waals surface area (Å²) in [6.45, 7) is 0.877. The summed E-state index contributed by atoms with van der Waals surface area (Å²) in [5.74, 6) is 0.747. The van der Waals surface area contributed by atoms with Crippen molar-refractivity contribution in [1.29, 1.82) is 0 Å². The maximum atomic E-state index is 11.7. The third-order valence-electron chi connectivity index (χ3n) is 2.81. The van der Waals surface area contributed by atoms with Crippen LogP contribution in [-0.4, -0.2) is 12.5 Å². The summed E-state index contributed by atoms with van der Waals surface area (Å²) in [5.41, 5.74) is 7.34. The van der Waals surface area contributed by atoms with E-state index in [0.717, 1.165) is 17.0 Å². The Bertz CT molecular complexity index is 538. The Hall–Kier alpha value is -2.49. The van der Waals surface area contributed by atoms with Crippen molar-refractivity contribution in [2.45, 2.75) is 13.0 Å². The van der Waals surface area contributed by atoms with Crippen molar-refractivity contribution in [3.05, 3.63) is 60.2 Å². The van der Waals surface area contributed by atoms with Crippen molar-refractivity contribution in [2.24, 2.45) is 0 Å². The van der Waals surface area contributed by atoms with Gasteiger partial charge >= 0.3 is 0 Å². The SMILES string of the molecule is Nc1ccc(CNC(=O)CCOc2ccccc2)cc1. The van der Waals surface area contributed by atoms with E-state index in [4.69, 9.17) is 10.5 Å². The van der Waals surface area contributed by atoms with E-state index in [2.05, 4.69) is 5.32 Å². The first-order valence-electron chi connectivity index (χ1n) is 6.53. The van der Waals surface area contributed by atoms with Gasteiger partial charge in [-0.05, 0) is 29.8 Å². The second kappa shape index (κ2) is 7.19. The van der Waals surface area contributed by atoms with Gasteiger partial charge in [-0.3, -0.25) is 4.79 Å². The lowest BCUT2D eigenvalue weighted by atomic mass is 10.2. The van der Waals surface area contributed by atoms with E-state index in [1.165, 1.54) is 0 Å². The number of carbonyl (C=O) groups excluding carboxylic acids is 1. The fourth-order valence-electron chi connectivity index (χ4n) is 1.70. The zero-order valence-corrected chi connectivity index (χ0v) is 11.2. The molecule has 104 valence electrons. The molecule has 0 bridgehead atoms. The Morgan fingerprint density at radius 3 is 2.45 bits per heavy atom. The summed E-state index contributed by atoms with van der Waals surface area (Å²) in [4.78, 5) is 11.7. The molecule has 4 heteroatoms. The van der Waals surface area contributed by atoms with E-state index in [0.29, 0.717) is 19.6 Å². The lowest BCUT2D eigenvalue weighted by Crippen LogP contribution is -2.24. The van der Waals surface area contributed by atoms with Crippen LogP contribution in [0, 0.1) is 0 Å². The second-order valence-electron chi connectivity index (χ2n) is 4.43. The lowest BCUT2D eigenvalue weighted by Gasteiger charge is -2.07. The molecule has 0 unspecified atom stereocenters. The quantitative estimate of drug-likeness (QED) is 0.792. The fourth-order valence-corrected chi connectivity index (χ4v) is 1.70. The van der Waals surface area contributed by atoms with Gasteiger partial charge in [0.15, 0.2) is 0 Å². The van der Waals surface area contributed by atoms with Gasteiger partial charge in [0.05, 0.1) is 13.0 Å². The molecule has 0 saturated carbocycles. The molecule has 20 heavy (non-hydrogen) atoms. The molecule has 0 aliphatic heterocycles. The number of carbonyl (C=O) groups is 1. The molecule has 0 aliphatic rings. The van der Waals surface area contributed by atoms with Gasteiger partial charge in [-0.1, -0.05) is 30.3 Å². The van der Waals surface area contributed by atoms with Gasteiger partial charge in [0.2, 0.25) is 5.91 Å². The Kier molecular flexibility index (Phi) is 5.00. The molecule has 0 aliphatic carbocycles. The van der Waals surface area contributed by atoms with Crippen LogP contribution in [-0.2, 0) is 11.3 Å². The smallest absolute Gasteiger partial charge is 0.223 e. The summed E-state index contributed by atoms with van der Waals surface area (Å²) >= 11 is 0. The van der Waals surface area contributed by atoms with Gasteiger partial charge in [-0.2, -0.15) is 0 Å². The van der Waals surface area contributed by atoms with Crippen molar-refractivity contribution in [3.8, 4) is 5.75 Å². The van der Waals surface area contributed by atoms with Gasteiger partial charge in [-0.15, -0.1) is 0 Å². The predicted molar refractivity (Wildman–Crippen MR) is 79.3 cm³/mol. The predicted octanol–water partition coefficient (Wildman–Crippen LogP) is 2.35. The zero-order valence-electron chi connectivity index (χ0n) is 11.2. The standard InChI is InChI=1S/C16H18N2O2/c17-14-8-6-13(7-9-14)12-18-16(19)10-11-20-15-4-2-1-3-5-15/h1-9H,10-12,17H2,(H,18,19). The van der Waals surface area contributed by atoms with Crippen LogP contribution in [0.2, 0.25) is 0 Å². The highest BCUT2D eigenvalue weighted by Crippen LogP contribution is 2.08. The number of hydrogen-bond donors (Lipinski definition) is 2. The molecule has 0 saturated heterocycles. The number of hydrogen-bond acceptors (Lipinski definition) is 3. The molecule has 0 fully saturated rings. The number of amides is 1. The van der Waals surface area contributed by atoms with Crippen LogP contribution < -0.4 is 15.8 Å². The number of anilines is 1. The first-order chi connectivity index (χ1) is 9.74. The summed E-state index contributed by atoms with van der Waals surface area (Å²) < 4.78 is 5.47. The van der Waals surface area contributed by atoms with Crippen LogP contribution in [0.5, 0.6) is 5.75 Å². The Labute approximate surface area is 118 Å². The Balaban J connectivity index is 1.67. The van der Waals surface area contributed by atoms with Crippen LogP contribution in [0.4, 0.5) is 5.69 Å². The van der Waals surface area contributed by atoms with Crippen molar-refractivity contribution in [2.75, 3.05) is 12.3 Å². The largest absolute Gasteiger partial charge is 0.493 e. The highest BCUT2D eigenvalue weighted by molar-refractivity contribution is 5.76. The first kappa shape index (κ1) is 13.9. The molecule has 4 nitrogen and oxygen atoms in total. The molecule has 0 spiro atoms. The van der Waals surface area contributed by atoms with Crippen molar-refractivity contribution < 1.29 is 9.53 Å². The van der Waals surface area contributed by atoms with Gasteiger partial charge in [0, 0.05) is 12.2 Å². The molecule has 2 aromatic rings. The summed E-state index contributed by atoms with van der Waals surface area (Å²) in [6.07, 6.45) is 0.337. The normalized spacial score (nSPS) is 10.0. The fraction of sp³-hybridized carbons (Fsp3) is 0.188. The van der Waals surface area contributed by atoms with E-state index in [1.54, 1.807) is 0 Å². The monoisotopic (exact) mass is 270 g/mol. The first-order valence-corrected chi connectivity index (χ1v) is 6.53. The number of nitrogens with two attached hydrogens (primary N) is 1. The molecule has 2 rings (SSSR count). The van der Waals surface area contributed by atoms with E-state index in [-0.39, 0.29) is 5.91 Å². The molecule has 0 atom stereocenters. The number of ether oxygens (including phenoxy) is 1. The van der Waals surface area contributed by atoms with Crippen LogP contribution >= 0.6 is 0 Å². The van der Waals surface area contributed by atoms with E-state index < -0.39 is 0 Å². The Morgan fingerprint density at radius 2 is 1.75 bits per heavy atom. The number of nitrogen functional groups attached to an aromatic ring is 1. The van der Waals surface area contributed by atoms with E-state index in [1.807, 2.05) is 54.6 Å².